The van der Waals surface area contributed by atoms with Crippen molar-refractivity contribution < 1.29 is 4.74 Å². The van der Waals surface area contributed by atoms with Crippen LogP contribution in [0, 0.1) is 0 Å². The van der Waals surface area contributed by atoms with E-state index in [-0.39, 0.29) is 6.17 Å². The molecular formula is C10H12N2O. The van der Waals surface area contributed by atoms with Crippen LogP contribution in [-0.4, -0.2) is 7.11 Å². The maximum Gasteiger partial charge on any atom is 0.188 e. The van der Waals surface area contributed by atoms with Gasteiger partial charge in [0, 0.05) is 6.08 Å². The van der Waals surface area contributed by atoms with Gasteiger partial charge in [-0.2, -0.15) is 0 Å². The Morgan fingerprint density at radius 1 is 1.38 bits per heavy atom. The fourth-order valence-electron chi connectivity index (χ4n) is 1.46. The molecule has 0 aromatic heterocycles. The van der Waals surface area contributed by atoms with Gasteiger partial charge in [0.2, 0.25) is 0 Å². The van der Waals surface area contributed by atoms with Crippen molar-refractivity contribution in [3.05, 3.63) is 41.3 Å². The number of hydrogen-bond donors (Lipinski definition) is 2. The second-order valence-electron chi connectivity index (χ2n) is 2.96. The fourth-order valence-corrected chi connectivity index (χ4v) is 1.46. The number of nitrogens with one attached hydrogen (secondary N) is 1. The van der Waals surface area contributed by atoms with Crippen LogP contribution in [0.3, 0.4) is 0 Å². The van der Waals surface area contributed by atoms with Gasteiger partial charge in [-0.05, 0) is 11.1 Å². The molecule has 1 aliphatic rings. The van der Waals surface area contributed by atoms with Crippen LogP contribution >= 0.6 is 0 Å². The van der Waals surface area contributed by atoms with Gasteiger partial charge >= 0.3 is 0 Å². The van der Waals surface area contributed by atoms with Gasteiger partial charge in [-0.25, -0.2) is 0 Å². The Morgan fingerprint density at radius 2 is 2.15 bits per heavy atom. The molecule has 1 unspecified atom stereocenters. The van der Waals surface area contributed by atoms with E-state index in [1.807, 2.05) is 30.3 Å². The van der Waals surface area contributed by atoms with E-state index >= 15 is 0 Å². The molecule has 0 radical (unpaired) electrons. The summed E-state index contributed by atoms with van der Waals surface area (Å²) in [7, 11) is 1.62. The minimum absolute atomic E-state index is 0.170. The predicted molar refractivity (Wildman–Crippen MR) is 51.5 cm³/mol. The molecule has 2 rings (SSSR count). The van der Waals surface area contributed by atoms with E-state index in [0.29, 0.717) is 5.88 Å². The van der Waals surface area contributed by atoms with Crippen LogP contribution in [0.25, 0.3) is 6.08 Å². The third-order valence-electron chi connectivity index (χ3n) is 2.14. The quantitative estimate of drug-likeness (QED) is 0.675. The van der Waals surface area contributed by atoms with Gasteiger partial charge in [0.1, 0.15) is 6.17 Å². The van der Waals surface area contributed by atoms with Gasteiger partial charge in [0.05, 0.1) is 7.11 Å². The van der Waals surface area contributed by atoms with Crippen molar-refractivity contribution in [2.75, 3.05) is 7.11 Å². The molecule has 0 bridgehead atoms. The van der Waals surface area contributed by atoms with Crippen LogP contribution in [0.5, 0.6) is 0 Å². The predicted octanol–water partition coefficient (Wildman–Crippen LogP) is 1.19. The molecular weight excluding hydrogens is 164 g/mol. The first-order valence-electron chi connectivity index (χ1n) is 4.18. The number of hydrogen-bond acceptors (Lipinski definition) is 3. The summed E-state index contributed by atoms with van der Waals surface area (Å²) in [6.45, 7) is 0. The Hall–Kier alpha value is -1.48. The highest BCUT2D eigenvalue weighted by Crippen LogP contribution is 2.22. The molecule has 13 heavy (non-hydrogen) atoms. The molecule has 3 N–H and O–H groups in total. The first-order chi connectivity index (χ1) is 6.31. The summed E-state index contributed by atoms with van der Waals surface area (Å²) in [5, 5.41) is 3.04. The molecule has 3 nitrogen and oxygen atoms in total. The summed E-state index contributed by atoms with van der Waals surface area (Å²) in [5.41, 5.74) is 8.10. The van der Waals surface area contributed by atoms with E-state index in [0.717, 1.165) is 11.1 Å². The van der Waals surface area contributed by atoms with E-state index in [1.54, 1.807) is 7.11 Å². The molecule has 0 amide bonds. The maximum atomic E-state index is 5.88. The SMILES string of the molecule is COC1=Cc2ccccc2C(N)N1. The lowest BCUT2D eigenvalue weighted by Crippen LogP contribution is -2.31. The van der Waals surface area contributed by atoms with E-state index in [4.69, 9.17) is 10.5 Å². The molecule has 1 aliphatic heterocycles. The van der Waals surface area contributed by atoms with Gasteiger partial charge in [0.15, 0.2) is 5.88 Å². The first-order valence-corrected chi connectivity index (χ1v) is 4.18. The highest BCUT2D eigenvalue weighted by Gasteiger charge is 2.15. The van der Waals surface area contributed by atoms with Gasteiger partial charge < -0.3 is 15.8 Å². The normalized spacial score (nSPS) is 19.8. The van der Waals surface area contributed by atoms with E-state index in [9.17, 15) is 0 Å². The van der Waals surface area contributed by atoms with Crippen LogP contribution in [-0.2, 0) is 4.74 Å². The largest absolute Gasteiger partial charge is 0.482 e. The fraction of sp³-hybridized carbons (Fsp3) is 0.200. The molecule has 3 heteroatoms. The Bertz CT molecular complexity index is 347. The van der Waals surface area contributed by atoms with Crippen LogP contribution < -0.4 is 11.1 Å². The number of fused-ring (bicyclic) bond motifs is 1. The lowest BCUT2D eigenvalue weighted by molar-refractivity contribution is 0.252. The molecule has 1 atom stereocenters. The highest BCUT2D eigenvalue weighted by molar-refractivity contribution is 5.58. The Morgan fingerprint density at radius 3 is 2.92 bits per heavy atom. The second kappa shape index (κ2) is 3.11. The first kappa shape index (κ1) is 8.13. The third-order valence-corrected chi connectivity index (χ3v) is 2.14. The van der Waals surface area contributed by atoms with Crippen molar-refractivity contribution in [2.45, 2.75) is 6.17 Å². The maximum absolute atomic E-state index is 5.88. The number of nitrogens with two attached hydrogens (primary N) is 1. The Balaban J connectivity index is 2.46. The third kappa shape index (κ3) is 1.38. The van der Waals surface area contributed by atoms with Crippen LogP contribution in [0.4, 0.5) is 0 Å². The van der Waals surface area contributed by atoms with Crippen molar-refractivity contribution in [3.63, 3.8) is 0 Å². The molecule has 0 saturated heterocycles. The molecule has 1 heterocycles. The van der Waals surface area contributed by atoms with Crippen molar-refractivity contribution in [3.8, 4) is 0 Å². The number of methoxy groups -OCH3 is 1. The smallest absolute Gasteiger partial charge is 0.188 e. The van der Waals surface area contributed by atoms with Gasteiger partial charge in [0.25, 0.3) is 0 Å². The van der Waals surface area contributed by atoms with Crippen molar-refractivity contribution in [1.82, 2.24) is 5.32 Å². The van der Waals surface area contributed by atoms with Crippen LogP contribution in [0.1, 0.15) is 17.3 Å². The summed E-state index contributed by atoms with van der Waals surface area (Å²) in [6, 6.07) is 8.00. The molecule has 0 saturated carbocycles. The summed E-state index contributed by atoms with van der Waals surface area (Å²) in [6.07, 6.45) is 1.77. The molecule has 1 aromatic carbocycles. The lowest BCUT2D eigenvalue weighted by atomic mass is 10.0. The summed E-state index contributed by atoms with van der Waals surface area (Å²) >= 11 is 0. The van der Waals surface area contributed by atoms with Crippen LogP contribution in [0.2, 0.25) is 0 Å². The Labute approximate surface area is 77.2 Å². The van der Waals surface area contributed by atoms with Gasteiger partial charge in [-0.1, -0.05) is 24.3 Å². The average Bonchev–Trinajstić information content (AvgIpc) is 2.18. The van der Waals surface area contributed by atoms with E-state index in [1.165, 1.54) is 0 Å². The summed E-state index contributed by atoms with van der Waals surface area (Å²) in [5.74, 6) is 0.714. The number of rotatable bonds is 1. The van der Waals surface area contributed by atoms with E-state index in [2.05, 4.69) is 5.32 Å². The average molecular weight is 176 g/mol. The Kier molecular flexibility index (Phi) is 1.94. The zero-order valence-corrected chi connectivity index (χ0v) is 7.45. The zero-order valence-electron chi connectivity index (χ0n) is 7.45. The molecule has 0 fully saturated rings. The topological polar surface area (TPSA) is 47.3 Å². The van der Waals surface area contributed by atoms with Gasteiger partial charge in [-0.3, -0.25) is 0 Å². The lowest BCUT2D eigenvalue weighted by Gasteiger charge is -2.23. The minimum Gasteiger partial charge on any atom is -0.482 e. The monoisotopic (exact) mass is 176 g/mol. The van der Waals surface area contributed by atoms with Crippen molar-refractivity contribution >= 4 is 6.08 Å². The van der Waals surface area contributed by atoms with Crippen molar-refractivity contribution in [1.29, 1.82) is 0 Å². The van der Waals surface area contributed by atoms with Crippen molar-refractivity contribution in [2.24, 2.45) is 5.73 Å². The second-order valence-corrected chi connectivity index (χ2v) is 2.96. The van der Waals surface area contributed by atoms with Gasteiger partial charge in [-0.15, -0.1) is 0 Å². The molecule has 68 valence electrons. The van der Waals surface area contributed by atoms with Crippen LogP contribution in [0.15, 0.2) is 30.1 Å². The molecule has 0 spiro atoms. The number of ether oxygens (including phenoxy) is 1. The summed E-state index contributed by atoms with van der Waals surface area (Å²) in [4.78, 5) is 0. The number of benzene rings is 1. The molecule has 0 aliphatic carbocycles. The van der Waals surface area contributed by atoms with E-state index < -0.39 is 0 Å². The minimum atomic E-state index is -0.170. The zero-order chi connectivity index (χ0) is 9.26. The molecule has 1 aromatic rings. The summed E-state index contributed by atoms with van der Waals surface area (Å²) < 4.78 is 5.09. The highest BCUT2D eigenvalue weighted by atomic mass is 16.5. The standard InChI is InChI=1S/C10H12N2O/c1-13-9-6-7-4-2-3-5-8(7)10(11)12-9/h2-6,10,12H,11H2,1H3.